The molecule has 96 valence electrons. The van der Waals surface area contributed by atoms with Crippen LogP contribution in [0.5, 0.6) is 0 Å². The monoisotopic (exact) mass is 247 g/mol. The number of carbonyl (C=O) groups excluding carboxylic acids is 1. The van der Waals surface area contributed by atoms with Gasteiger partial charge in [0.2, 0.25) is 0 Å². The molecule has 2 rings (SSSR count). The molecule has 0 radical (unpaired) electrons. The second-order valence-electron chi connectivity index (χ2n) is 4.93. The van der Waals surface area contributed by atoms with Gasteiger partial charge in [-0.1, -0.05) is 6.07 Å². The van der Waals surface area contributed by atoms with Crippen LogP contribution in [-0.2, 0) is 4.79 Å². The van der Waals surface area contributed by atoms with Gasteiger partial charge in [0.15, 0.2) is 0 Å². The number of aryl methyl sites for hydroxylation is 2. The van der Waals surface area contributed by atoms with Gasteiger partial charge in [-0.15, -0.1) is 0 Å². The number of aliphatic carboxylic acids is 1. The molecule has 1 aromatic rings. The van der Waals surface area contributed by atoms with E-state index in [4.69, 9.17) is 5.11 Å². The van der Waals surface area contributed by atoms with Gasteiger partial charge in [-0.05, 0) is 55.9 Å². The van der Waals surface area contributed by atoms with E-state index in [9.17, 15) is 9.59 Å². The van der Waals surface area contributed by atoms with E-state index >= 15 is 0 Å². The minimum atomic E-state index is -0.949. The molecule has 18 heavy (non-hydrogen) atoms. The third kappa shape index (κ3) is 2.70. The molecule has 1 atom stereocenters. The Balaban J connectivity index is 2.10. The van der Waals surface area contributed by atoms with Crippen LogP contribution in [-0.4, -0.2) is 23.0 Å². The highest BCUT2D eigenvalue weighted by atomic mass is 16.4. The van der Waals surface area contributed by atoms with Gasteiger partial charge in [-0.3, -0.25) is 4.79 Å². The highest BCUT2D eigenvalue weighted by Crippen LogP contribution is 2.32. The maximum atomic E-state index is 12.0. The van der Waals surface area contributed by atoms with Crippen molar-refractivity contribution >= 4 is 11.9 Å². The van der Waals surface area contributed by atoms with Crippen LogP contribution in [0.4, 0.5) is 0 Å². The van der Waals surface area contributed by atoms with Gasteiger partial charge >= 0.3 is 5.97 Å². The lowest BCUT2D eigenvalue weighted by Gasteiger charge is -2.14. The highest BCUT2D eigenvalue weighted by molar-refractivity contribution is 5.97. The van der Waals surface area contributed by atoms with E-state index in [0.29, 0.717) is 5.56 Å². The third-order valence-corrected chi connectivity index (χ3v) is 3.42. The van der Waals surface area contributed by atoms with Gasteiger partial charge in [0.25, 0.3) is 5.91 Å². The average Bonchev–Trinajstić information content (AvgIpc) is 3.13. The summed E-state index contributed by atoms with van der Waals surface area (Å²) in [6, 6.07) is 4.64. The molecular formula is C14H17NO3. The van der Waals surface area contributed by atoms with Crippen LogP contribution in [0.2, 0.25) is 0 Å². The lowest BCUT2D eigenvalue weighted by molar-refractivity contribution is -0.139. The summed E-state index contributed by atoms with van der Waals surface area (Å²) in [7, 11) is 0. The predicted octanol–water partition coefficient (Wildman–Crippen LogP) is 1.90. The molecule has 1 saturated carbocycles. The Morgan fingerprint density at radius 2 is 1.94 bits per heavy atom. The van der Waals surface area contributed by atoms with Crippen molar-refractivity contribution in [2.24, 2.45) is 5.92 Å². The Morgan fingerprint density at radius 1 is 1.28 bits per heavy atom. The summed E-state index contributed by atoms with van der Waals surface area (Å²) in [5.74, 6) is -1.16. The summed E-state index contributed by atoms with van der Waals surface area (Å²) in [5.41, 5.74) is 2.66. The van der Waals surface area contributed by atoms with Crippen LogP contribution in [0.3, 0.4) is 0 Å². The van der Waals surface area contributed by atoms with Crippen LogP contribution < -0.4 is 5.32 Å². The standard InChI is InChI=1S/C14H17NO3/c1-8-3-4-11(7-9(8)2)13(16)15-12(14(17)18)10-5-6-10/h3-4,7,10,12H,5-6H2,1-2H3,(H,15,16)(H,17,18). The zero-order valence-electron chi connectivity index (χ0n) is 10.6. The summed E-state index contributed by atoms with van der Waals surface area (Å²) >= 11 is 0. The van der Waals surface area contributed by atoms with E-state index in [2.05, 4.69) is 5.32 Å². The van der Waals surface area contributed by atoms with Gasteiger partial charge in [0.05, 0.1) is 0 Å². The number of hydrogen-bond acceptors (Lipinski definition) is 2. The fraction of sp³-hybridized carbons (Fsp3) is 0.429. The Labute approximate surface area is 106 Å². The van der Waals surface area contributed by atoms with Crippen LogP contribution in [0.15, 0.2) is 18.2 Å². The molecule has 0 heterocycles. The highest BCUT2D eigenvalue weighted by Gasteiger charge is 2.37. The summed E-state index contributed by atoms with van der Waals surface area (Å²) in [5, 5.41) is 11.7. The Hall–Kier alpha value is -1.84. The minimum Gasteiger partial charge on any atom is -0.480 e. The maximum Gasteiger partial charge on any atom is 0.326 e. The van der Waals surface area contributed by atoms with Crippen LogP contribution >= 0.6 is 0 Å². The minimum absolute atomic E-state index is 0.0954. The van der Waals surface area contributed by atoms with Crippen LogP contribution in [0, 0.1) is 19.8 Å². The van der Waals surface area contributed by atoms with Gasteiger partial charge in [-0.25, -0.2) is 4.79 Å². The first-order valence-electron chi connectivity index (χ1n) is 6.10. The van der Waals surface area contributed by atoms with Crippen molar-refractivity contribution in [2.45, 2.75) is 32.7 Å². The second kappa shape index (κ2) is 4.80. The van der Waals surface area contributed by atoms with E-state index in [-0.39, 0.29) is 11.8 Å². The number of hydrogen-bond donors (Lipinski definition) is 2. The number of carbonyl (C=O) groups is 2. The molecule has 1 aliphatic carbocycles. The summed E-state index contributed by atoms with van der Waals surface area (Å²) in [6.45, 7) is 3.91. The molecule has 0 bridgehead atoms. The second-order valence-corrected chi connectivity index (χ2v) is 4.93. The van der Waals surface area contributed by atoms with Crippen molar-refractivity contribution in [3.63, 3.8) is 0 Å². The van der Waals surface area contributed by atoms with Gasteiger partial charge in [0, 0.05) is 5.56 Å². The Bertz CT molecular complexity index is 492. The molecule has 0 aliphatic heterocycles. The van der Waals surface area contributed by atoms with Gasteiger partial charge < -0.3 is 10.4 Å². The van der Waals surface area contributed by atoms with E-state index in [1.54, 1.807) is 12.1 Å². The van der Waals surface area contributed by atoms with E-state index in [1.165, 1.54) is 0 Å². The SMILES string of the molecule is Cc1ccc(C(=O)NC(C(=O)O)C2CC2)cc1C. The fourth-order valence-corrected chi connectivity index (χ4v) is 1.92. The first-order valence-corrected chi connectivity index (χ1v) is 6.10. The molecule has 0 aromatic heterocycles. The lowest BCUT2D eigenvalue weighted by atomic mass is 10.1. The molecule has 1 aromatic carbocycles. The smallest absolute Gasteiger partial charge is 0.326 e. The fourth-order valence-electron chi connectivity index (χ4n) is 1.92. The predicted molar refractivity (Wildman–Crippen MR) is 67.5 cm³/mol. The molecular weight excluding hydrogens is 230 g/mol. The van der Waals surface area contributed by atoms with Gasteiger partial charge in [-0.2, -0.15) is 0 Å². The molecule has 1 fully saturated rings. The molecule has 1 aliphatic rings. The molecule has 4 nitrogen and oxygen atoms in total. The Kier molecular flexibility index (Phi) is 3.36. The molecule has 4 heteroatoms. The van der Waals surface area contributed by atoms with E-state index < -0.39 is 12.0 Å². The van der Waals surface area contributed by atoms with Crippen LogP contribution in [0.25, 0.3) is 0 Å². The van der Waals surface area contributed by atoms with Gasteiger partial charge in [0.1, 0.15) is 6.04 Å². The summed E-state index contributed by atoms with van der Waals surface area (Å²) in [4.78, 5) is 23.0. The van der Waals surface area contributed by atoms with Crippen molar-refractivity contribution in [1.29, 1.82) is 0 Å². The van der Waals surface area contributed by atoms with Crippen molar-refractivity contribution in [3.05, 3.63) is 34.9 Å². The number of carboxylic acid groups (broad SMARTS) is 1. The average molecular weight is 247 g/mol. The largest absolute Gasteiger partial charge is 0.480 e. The quantitative estimate of drug-likeness (QED) is 0.854. The zero-order valence-corrected chi connectivity index (χ0v) is 10.6. The number of benzene rings is 1. The number of amides is 1. The van der Waals surface area contributed by atoms with Crippen molar-refractivity contribution in [2.75, 3.05) is 0 Å². The van der Waals surface area contributed by atoms with Crippen LogP contribution in [0.1, 0.15) is 34.3 Å². The molecule has 0 saturated heterocycles. The molecule has 1 unspecified atom stereocenters. The van der Waals surface area contributed by atoms with Crippen molar-refractivity contribution < 1.29 is 14.7 Å². The van der Waals surface area contributed by atoms with Crippen molar-refractivity contribution in [1.82, 2.24) is 5.32 Å². The lowest BCUT2D eigenvalue weighted by Crippen LogP contribution is -2.42. The van der Waals surface area contributed by atoms with E-state index in [0.717, 1.165) is 24.0 Å². The normalized spacial score (nSPS) is 16.1. The van der Waals surface area contributed by atoms with E-state index in [1.807, 2.05) is 19.9 Å². The zero-order chi connectivity index (χ0) is 13.3. The third-order valence-electron chi connectivity index (χ3n) is 3.42. The summed E-state index contributed by atoms with van der Waals surface area (Å²) in [6.07, 6.45) is 1.76. The topological polar surface area (TPSA) is 66.4 Å². The first kappa shape index (κ1) is 12.6. The summed E-state index contributed by atoms with van der Waals surface area (Å²) < 4.78 is 0. The molecule has 0 spiro atoms. The molecule has 2 N–H and O–H groups in total. The van der Waals surface area contributed by atoms with Crippen molar-refractivity contribution in [3.8, 4) is 0 Å². The Morgan fingerprint density at radius 3 is 2.44 bits per heavy atom. The number of rotatable bonds is 4. The number of carboxylic acids is 1. The first-order chi connectivity index (χ1) is 8.49. The molecule has 1 amide bonds. The number of nitrogens with one attached hydrogen (secondary N) is 1. The maximum absolute atomic E-state index is 12.0.